The fraction of sp³-hybridized carbons (Fsp3) is 0.556. The molecule has 1 heterocycles. The third-order valence-corrected chi connectivity index (χ3v) is 4.15. The van der Waals surface area contributed by atoms with Crippen molar-refractivity contribution in [2.24, 2.45) is 5.92 Å². The smallest absolute Gasteiger partial charge is 0.226 e. The highest BCUT2D eigenvalue weighted by molar-refractivity contribution is 5.79. The number of rotatable bonds is 6. The Labute approximate surface area is 138 Å². The Balaban J connectivity index is 1.75. The second-order valence-corrected chi connectivity index (χ2v) is 6.27. The van der Waals surface area contributed by atoms with Gasteiger partial charge in [0.2, 0.25) is 11.8 Å². The minimum Gasteiger partial charge on any atom is -0.492 e. The number of nitrogens with one attached hydrogen (secondary N) is 1. The van der Waals surface area contributed by atoms with Gasteiger partial charge in [-0.3, -0.25) is 9.59 Å². The third-order valence-electron chi connectivity index (χ3n) is 4.15. The van der Waals surface area contributed by atoms with Crippen LogP contribution >= 0.6 is 0 Å². The Morgan fingerprint density at radius 2 is 2.09 bits per heavy atom. The van der Waals surface area contributed by atoms with Crippen LogP contribution < -0.4 is 10.1 Å². The molecule has 0 unspecified atom stereocenters. The van der Waals surface area contributed by atoms with Crippen LogP contribution in [0.2, 0.25) is 0 Å². The van der Waals surface area contributed by atoms with E-state index in [2.05, 4.69) is 5.32 Å². The van der Waals surface area contributed by atoms with E-state index in [4.69, 9.17) is 4.74 Å². The lowest BCUT2D eigenvalue weighted by molar-refractivity contribution is -0.130. The lowest BCUT2D eigenvalue weighted by Gasteiger charge is -2.26. The first-order chi connectivity index (χ1) is 11.0. The molecule has 0 fully saturated rings. The zero-order valence-electron chi connectivity index (χ0n) is 14.2. The van der Waals surface area contributed by atoms with Gasteiger partial charge in [0.15, 0.2) is 0 Å². The summed E-state index contributed by atoms with van der Waals surface area (Å²) in [7, 11) is 0. The number of ether oxygens (including phenoxy) is 1. The average Bonchev–Trinajstić information content (AvgIpc) is 2.53. The molecule has 2 amide bonds. The topological polar surface area (TPSA) is 58.6 Å². The molecule has 1 aromatic rings. The van der Waals surface area contributed by atoms with Gasteiger partial charge in [0.25, 0.3) is 0 Å². The van der Waals surface area contributed by atoms with Crippen LogP contribution in [0, 0.1) is 5.92 Å². The minimum absolute atomic E-state index is 0.0263. The molecule has 5 nitrogen and oxygen atoms in total. The number of hydrogen-bond acceptors (Lipinski definition) is 3. The maximum atomic E-state index is 12.2. The van der Waals surface area contributed by atoms with Crippen molar-refractivity contribution in [1.29, 1.82) is 0 Å². The highest BCUT2D eigenvalue weighted by Crippen LogP contribution is 2.26. The van der Waals surface area contributed by atoms with Crippen molar-refractivity contribution in [3.05, 3.63) is 29.8 Å². The fourth-order valence-electron chi connectivity index (χ4n) is 2.88. The van der Waals surface area contributed by atoms with Gasteiger partial charge < -0.3 is 15.0 Å². The Bertz CT molecular complexity index is 557. The largest absolute Gasteiger partial charge is 0.492 e. The van der Waals surface area contributed by atoms with Crippen molar-refractivity contribution in [2.45, 2.75) is 39.7 Å². The second kappa shape index (κ2) is 7.99. The van der Waals surface area contributed by atoms with E-state index < -0.39 is 0 Å². The van der Waals surface area contributed by atoms with Crippen LogP contribution in [0.1, 0.15) is 32.8 Å². The maximum absolute atomic E-state index is 12.2. The third kappa shape index (κ3) is 4.71. The molecule has 126 valence electrons. The number of carbonyl (C=O) groups excluding carboxylic acids is 2. The first kappa shape index (κ1) is 17.3. The van der Waals surface area contributed by atoms with Crippen LogP contribution in [-0.4, -0.2) is 42.5 Å². The van der Waals surface area contributed by atoms with Gasteiger partial charge >= 0.3 is 0 Å². The molecule has 23 heavy (non-hydrogen) atoms. The van der Waals surface area contributed by atoms with Crippen LogP contribution in [0.15, 0.2) is 24.3 Å². The molecular formula is C18H26N2O3. The van der Waals surface area contributed by atoms with Gasteiger partial charge in [-0.1, -0.05) is 18.2 Å². The van der Waals surface area contributed by atoms with E-state index in [-0.39, 0.29) is 23.8 Å². The molecule has 0 aromatic heterocycles. The predicted molar refractivity (Wildman–Crippen MR) is 89.3 cm³/mol. The number of carbonyl (C=O) groups is 2. The first-order valence-corrected chi connectivity index (χ1v) is 8.24. The first-order valence-electron chi connectivity index (χ1n) is 8.24. The Morgan fingerprint density at radius 1 is 1.35 bits per heavy atom. The Hall–Kier alpha value is -2.04. The zero-order chi connectivity index (χ0) is 16.8. The van der Waals surface area contributed by atoms with Gasteiger partial charge in [0.05, 0.1) is 5.92 Å². The molecule has 1 aliphatic rings. The summed E-state index contributed by atoms with van der Waals surface area (Å²) in [5, 5.41) is 2.96. The molecule has 0 bridgehead atoms. The summed E-state index contributed by atoms with van der Waals surface area (Å²) in [6.07, 6.45) is 1.47. The zero-order valence-corrected chi connectivity index (χ0v) is 14.2. The molecule has 1 N–H and O–H groups in total. The van der Waals surface area contributed by atoms with E-state index in [1.807, 2.05) is 43.0 Å². The molecule has 0 aliphatic carbocycles. The molecule has 0 saturated heterocycles. The normalized spacial score (nSPS) is 16.4. The molecule has 2 rings (SSSR count). The molecule has 0 radical (unpaired) electrons. The number of hydrogen-bond donors (Lipinski definition) is 1. The molecule has 0 saturated carbocycles. The lowest BCUT2D eigenvalue weighted by atomic mass is 9.96. The van der Waals surface area contributed by atoms with Crippen molar-refractivity contribution in [2.75, 3.05) is 19.7 Å². The van der Waals surface area contributed by atoms with Crippen LogP contribution in [-0.2, 0) is 16.0 Å². The molecule has 0 spiro atoms. The molecule has 5 heteroatoms. The van der Waals surface area contributed by atoms with E-state index in [0.717, 1.165) is 17.7 Å². The number of nitrogens with zero attached hydrogens (tertiary/aromatic N) is 1. The van der Waals surface area contributed by atoms with Crippen LogP contribution in [0.4, 0.5) is 0 Å². The highest BCUT2D eigenvalue weighted by Gasteiger charge is 2.25. The molecular weight excluding hydrogens is 292 g/mol. The summed E-state index contributed by atoms with van der Waals surface area (Å²) in [6, 6.07) is 8.03. The summed E-state index contributed by atoms with van der Waals surface area (Å²) in [5.74, 6) is 0.839. The maximum Gasteiger partial charge on any atom is 0.226 e. The predicted octanol–water partition coefficient (Wildman–Crippen LogP) is 2.00. The van der Waals surface area contributed by atoms with Crippen LogP contribution in [0.3, 0.4) is 0 Å². The van der Waals surface area contributed by atoms with Crippen LogP contribution in [0.25, 0.3) is 0 Å². The van der Waals surface area contributed by atoms with Crippen molar-refractivity contribution < 1.29 is 14.3 Å². The van der Waals surface area contributed by atoms with Crippen molar-refractivity contribution in [3.63, 3.8) is 0 Å². The monoisotopic (exact) mass is 318 g/mol. The van der Waals surface area contributed by atoms with Gasteiger partial charge in [-0.25, -0.2) is 0 Å². The quantitative estimate of drug-likeness (QED) is 0.816. The van der Waals surface area contributed by atoms with Crippen molar-refractivity contribution >= 4 is 11.8 Å². The average molecular weight is 318 g/mol. The van der Waals surface area contributed by atoms with E-state index in [0.29, 0.717) is 26.1 Å². The minimum atomic E-state index is -0.140. The number of benzene rings is 1. The molecule has 1 atom stereocenters. The van der Waals surface area contributed by atoms with E-state index >= 15 is 0 Å². The Kier molecular flexibility index (Phi) is 6.02. The summed E-state index contributed by atoms with van der Waals surface area (Å²) in [5.41, 5.74) is 1.08. The Morgan fingerprint density at radius 3 is 2.78 bits per heavy atom. The summed E-state index contributed by atoms with van der Waals surface area (Å²) in [6.45, 7) is 7.24. The summed E-state index contributed by atoms with van der Waals surface area (Å²) in [4.78, 5) is 25.6. The van der Waals surface area contributed by atoms with Gasteiger partial charge in [-0.05, 0) is 38.3 Å². The summed E-state index contributed by atoms with van der Waals surface area (Å²) >= 11 is 0. The number of para-hydroxylation sites is 1. The SMILES string of the molecule is CC(=O)N(CCCNC(=O)[C@@H]1COc2ccccc2C1)C(C)C. The molecule has 1 aliphatic heterocycles. The van der Waals surface area contributed by atoms with E-state index in [1.54, 1.807) is 6.92 Å². The van der Waals surface area contributed by atoms with Gasteiger partial charge in [-0.2, -0.15) is 0 Å². The lowest BCUT2D eigenvalue weighted by Crippen LogP contribution is -2.40. The van der Waals surface area contributed by atoms with E-state index in [1.165, 1.54) is 0 Å². The van der Waals surface area contributed by atoms with Gasteiger partial charge in [-0.15, -0.1) is 0 Å². The number of amides is 2. The molecule has 1 aromatic carbocycles. The number of fused-ring (bicyclic) bond motifs is 1. The second-order valence-electron chi connectivity index (χ2n) is 6.27. The highest BCUT2D eigenvalue weighted by atomic mass is 16.5. The van der Waals surface area contributed by atoms with Crippen LogP contribution in [0.5, 0.6) is 5.75 Å². The summed E-state index contributed by atoms with van der Waals surface area (Å²) < 4.78 is 5.65. The standard InChI is InChI=1S/C18H26N2O3/c1-13(2)20(14(3)21)10-6-9-19-18(22)16-11-15-7-4-5-8-17(15)23-12-16/h4-5,7-8,13,16H,6,9-12H2,1-3H3,(H,19,22)/t16-/m0/s1. The van der Waals surface area contributed by atoms with Gasteiger partial charge in [0.1, 0.15) is 12.4 Å². The van der Waals surface area contributed by atoms with Crippen molar-refractivity contribution in [1.82, 2.24) is 10.2 Å². The van der Waals surface area contributed by atoms with Crippen molar-refractivity contribution in [3.8, 4) is 5.75 Å². The van der Waals surface area contributed by atoms with E-state index in [9.17, 15) is 9.59 Å². The fourth-order valence-corrected chi connectivity index (χ4v) is 2.88. The van der Waals surface area contributed by atoms with Gasteiger partial charge in [0, 0.05) is 26.1 Å².